The molecule has 2 fully saturated rings. The van der Waals surface area contributed by atoms with Gasteiger partial charge >= 0.3 is 0 Å². The highest BCUT2D eigenvalue weighted by Crippen LogP contribution is 2.26. The first-order valence-electron chi connectivity index (χ1n) is 10.2. The Kier molecular flexibility index (Phi) is 5.91. The number of sulfonamides is 1. The lowest BCUT2D eigenvalue weighted by atomic mass is 9.95. The second-order valence-electron chi connectivity index (χ2n) is 7.66. The van der Waals surface area contributed by atoms with Gasteiger partial charge in [0.25, 0.3) is 0 Å². The zero-order valence-corrected chi connectivity index (χ0v) is 17.2. The predicted molar refractivity (Wildman–Crippen MR) is 110 cm³/mol. The summed E-state index contributed by atoms with van der Waals surface area (Å²) < 4.78 is 32.1. The second kappa shape index (κ2) is 8.59. The number of piperidine rings is 1. The lowest BCUT2D eigenvalue weighted by Gasteiger charge is -2.33. The van der Waals surface area contributed by atoms with Crippen LogP contribution in [-0.4, -0.2) is 44.8 Å². The van der Waals surface area contributed by atoms with Crippen molar-refractivity contribution in [3.8, 4) is 0 Å². The molecule has 4 rings (SSSR count). The first kappa shape index (κ1) is 20.0. The van der Waals surface area contributed by atoms with E-state index in [1.807, 2.05) is 24.3 Å². The summed E-state index contributed by atoms with van der Waals surface area (Å²) in [4.78, 5) is 14.9. The third-order valence-electron chi connectivity index (χ3n) is 5.79. The van der Waals surface area contributed by atoms with Crippen LogP contribution in [0.25, 0.3) is 0 Å². The molecule has 0 aliphatic carbocycles. The minimum absolute atomic E-state index is 0.00368. The summed E-state index contributed by atoms with van der Waals surface area (Å²) in [6.45, 7) is 3.19. The molecule has 1 aromatic heterocycles. The third kappa shape index (κ3) is 4.48. The Bertz CT molecular complexity index is 911. The van der Waals surface area contributed by atoms with Crippen LogP contribution in [0, 0.1) is 5.92 Å². The molecule has 2 aromatic rings. The molecule has 2 aliphatic heterocycles. The van der Waals surface area contributed by atoms with E-state index in [-0.39, 0.29) is 11.8 Å². The van der Waals surface area contributed by atoms with Crippen molar-refractivity contribution in [2.24, 2.45) is 5.92 Å². The van der Waals surface area contributed by atoms with E-state index in [2.05, 4.69) is 10.2 Å². The summed E-state index contributed by atoms with van der Waals surface area (Å²) in [6, 6.07) is 10.8. The molecule has 3 heterocycles. The van der Waals surface area contributed by atoms with Crippen LogP contribution in [0.15, 0.2) is 52.0 Å². The summed E-state index contributed by atoms with van der Waals surface area (Å²) in [6.07, 6.45) is 5.01. The van der Waals surface area contributed by atoms with Crippen molar-refractivity contribution in [2.75, 3.05) is 31.1 Å². The Morgan fingerprint density at radius 3 is 2.34 bits per heavy atom. The fourth-order valence-corrected chi connectivity index (χ4v) is 5.56. The Hall–Kier alpha value is -2.32. The van der Waals surface area contributed by atoms with Gasteiger partial charge in [0.2, 0.25) is 15.9 Å². The number of nitrogens with one attached hydrogen (secondary N) is 1. The van der Waals surface area contributed by atoms with Crippen molar-refractivity contribution in [1.82, 2.24) is 9.62 Å². The van der Waals surface area contributed by atoms with E-state index in [0.717, 1.165) is 50.2 Å². The van der Waals surface area contributed by atoms with E-state index in [9.17, 15) is 13.2 Å². The van der Waals surface area contributed by atoms with Gasteiger partial charge in [0.05, 0.1) is 17.7 Å². The number of hydrogen-bond acceptors (Lipinski definition) is 5. The van der Waals surface area contributed by atoms with Gasteiger partial charge in [-0.25, -0.2) is 8.42 Å². The number of benzene rings is 1. The second-order valence-corrected chi connectivity index (χ2v) is 9.60. The largest absolute Gasteiger partial charge is 0.467 e. The number of hydrogen-bond donors (Lipinski definition) is 1. The number of carbonyl (C=O) groups is 1. The highest BCUT2D eigenvalue weighted by Gasteiger charge is 2.28. The maximum atomic E-state index is 12.6. The molecular weight excluding hydrogens is 390 g/mol. The van der Waals surface area contributed by atoms with Crippen molar-refractivity contribution in [1.29, 1.82) is 0 Å². The monoisotopic (exact) mass is 417 g/mol. The van der Waals surface area contributed by atoms with Gasteiger partial charge in [0.15, 0.2) is 0 Å². The molecule has 0 unspecified atom stereocenters. The molecule has 8 heteroatoms. The average Bonchev–Trinajstić information content (AvgIpc) is 3.47. The molecule has 0 saturated carbocycles. The topological polar surface area (TPSA) is 82.9 Å². The molecule has 2 saturated heterocycles. The SMILES string of the molecule is O=C(NCc1ccco1)C1CCN(c2ccc(S(=O)(=O)N3CCCC3)cc2)CC1. The minimum Gasteiger partial charge on any atom is -0.467 e. The molecule has 0 atom stereocenters. The number of rotatable bonds is 6. The minimum atomic E-state index is -3.38. The van der Waals surface area contributed by atoms with Crippen LogP contribution < -0.4 is 10.2 Å². The quantitative estimate of drug-likeness (QED) is 0.781. The van der Waals surface area contributed by atoms with Crippen molar-refractivity contribution in [3.63, 3.8) is 0 Å². The predicted octanol–water partition coefficient (Wildman–Crippen LogP) is 2.60. The molecule has 156 valence electrons. The van der Waals surface area contributed by atoms with Gasteiger partial charge in [0, 0.05) is 37.8 Å². The van der Waals surface area contributed by atoms with Crippen LogP contribution in [0.2, 0.25) is 0 Å². The van der Waals surface area contributed by atoms with E-state index < -0.39 is 10.0 Å². The zero-order valence-electron chi connectivity index (χ0n) is 16.4. The number of nitrogens with zero attached hydrogens (tertiary/aromatic N) is 2. The van der Waals surface area contributed by atoms with Gasteiger partial charge in [-0.15, -0.1) is 0 Å². The molecule has 29 heavy (non-hydrogen) atoms. The van der Waals surface area contributed by atoms with E-state index in [0.29, 0.717) is 24.5 Å². The number of furan rings is 1. The number of carbonyl (C=O) groups excluding carboxylic acids is 1. The van der Waals surface area contributed by atoms with Gasteiger partial charge in [-0.1, -0.05) is 0 Å². The highest BCUT2D eigenvalue weighted by molar-refractivity contribution is 7.89. The van der Waals surface area contributed by atoms with Gasteiger partial charge in [-0.2, -0.15) is 4.31 Å². The normalized spacial score (nSPS) is 18.8. The average molecular weight is 418 g/mol. The van der Waals surface area contributed by atoms with Gasteiger partial charge in [-0.3, -0.25) is 4.79 Å². The fourth-order valence-electron chi connectivity index (χ4n) is 4.04. The van der Waals surface area contributed by atoms with Crippen molar-refractivity contribution in [3.05, 3.63) is 48.4 Å². The first-order chi connectivity index (χ1) is 14.0. The summed E-state index contributed by atoms with van der Waals surface area (Å²) in [5.41, 5.74) is 1.000. The van der Waals surface area contributed by atoms with Crippen LogP contribution >= 0.6 is 0 Å². The number of amides is 1. The van der Waals surface area contributed by atoms with E-state index in [4.69, 9.17) is 4.42 Å². The maximum absolute atomic E-state index is 12.6. The molecule has 0 radical (unpaired) electrons. The molecular formula is C21H27N3O4S. The Morgan fingerprint density at radius 2 is 1.72 bits per heavy atom. The molecule has 0 spiro atoms. The van der Waals surface area contributed by atoms with Gasteiger partial charge in [0.1, 0.15) is 5.76 Å². The fraction of sp³-hybridized carbons (Fsp3) is 0.476. The Labute approximate surface area is 171 Å². The van der Waals surface area contributed by atoms with Gasteiger partial charge < -0.3 is 14.6 Å². The standard InChI is InChI=1S/C21H27N3O4S/c25-21(22-16-19-4-3-15-28-19)17-9-13-23(14-10-17)18-5-7-20(8-6-18)29(26,27)24-11-1-2-12-24/h3-8,15,17H,1-2,9-14,16H2,(H,22,25). The van der Waals surface area contributed by atoms with Crippen LogP contribution in [0.3, 0.4) is 0 Å². The van der Waals surface area contributed by atoms with E-state index in [1.165, 1.54) is 0 Å². The molecule has 2 aliphatic rings. The lowest BCUT2D eigenvalue weighted by molar-refractivity contribution is -0.125. The van der Waals surface area contributed by atoms with Crippen LogP contribution in [0.1, 0.15) is 31.4 Å². The maximum Gasteiger partial charge on any atom is 0.243 e. The molecule has 1 amide bonds. The number of anilines is 1. The van der Waals surface area contributed by atoms with Crippen LogP contribution in [0.4, 0.5) is 5.69 Å². The summed E-state index contributed by atoms with van der Waals surface area (Å²) in [7, 11) is -3.38. The van der Waals surface area contributed by atoms with Crippen molar-refractivity contribution < 1.29 is 17.6 Å². The third-order valence-corrected chi connectivity index (χ3v) is 7.70. The molecule has 1 aromatic carbocycles. The lowest BCUT2D eigenvalue weighted by Crippen LogP contribution is -2.40. The van der Waals surface area contributed by atoms with Gasteiger partial charge in [-0.05, 0) is 62.1 Å². The highest BCUT2D eigenvalue weighted by atomic mass is 32.2. The molecule has 0 bridgehead atoms. The zero-order chi connectivity index (χ0) is 20.3. The summed E-state index contributed by atoms with van der Waals surface area (Å²) >= 11 is 0. The van der Waals surface area contributed by atoms with E-state index >= 15 is 0 Å². The van der Waals surface area contributed by atoms with E-state index in [1.54, 1.807) is 22.7 Å². The van der Waals surface area contributed by atoms with Crippen molar-refractivity contribution >= 4 is 21.6 Å². The van der Waals surface area contributed by atoms with Crippen LogP contribution in [0.5, 0.6) is 0 Å². The first-order valence-corrected chi connectivity index (χ1v) is 11.6. The Balaban J connectivity index is 1.31. The smallest absolute Gasteiger partial charge is 0.243 e. The summed E-state index contributed by atoms with van der Waals surface area (Å²) in [5, 5.41) is 2.94. The van der Waals surface area contributed by atoms with Crippen LogP contribution in [-0.2, 0) is 21.4 Å². The Morgan fingerprint density at radius 1 is 1.03 bits per heavy atom. The van der Waals surface area contributed by atoms with Crippen molar-refractivity contribution in [2.45, 2.75) is 37.1 Å². The molecule has 7 nitrogen and oxygen atoms in total. The summed E-state index contributed by atoms with van der Waals surface area (Å²) in [5.74, 6) is 0.809. The molecule has 1 N–H and O–H groups in total.